The van der Waals surface area contributed by atoms with E-state index in [1.807, 2.05) is 24.3 Å². The van der Waals surface area contributed by atoms with Crippen molar-refractivity contribution in [2.24, 2.45) is 0 Å². The molecular weight excluding hydrogens is 342 g/mol. The Bertz CT molecular complexity index is 610. The number of piperazine rings is 1. The maximum Gasteiger partial charge on any atom is 0.223 e. The maximum atomic E-state index is 12.1. The minimum Gasteiger partial charge on any atom is -0.356 e. The molecule has 1 aromatic rings. The van der Waals surface area contributed by atoms with Crippen LogP contribution in [0.2, 0.25) is 5.02 Å². The molecule has 7 heteroatoms. The van der Waals surface area contributed by atoms with Crippen LogP contribution in [-0.2, 0) is 20.8 Å². The summed E-state index contributed by atoms with van der Waals surface area (Å²) in [6, 6.07) is 7.50. The summed E-state index contributed by atoms with van der Waals surface area (Å²) in [6.45, 7) is 4.27. The smallest absolute Gasteiger partial charge is 0.223 e. The fraction of sp³-hybridized carbons (Fsp3) is 0.500. The van der Waals surface area contributed by atoms with E-state index in [2.05, 4.69) is 5.32 Å². The van der Waals surface area contributed by atoms with Crippen molar-refractivity contribution in [2.75, 3.05) is 32.7 Å². The van der Waals surface area contributed by atoms with Gasteiger partial charge < -0.3 is 15.1 Å². The fourth-order valence-electron chi connectivity index (χ4n) is 2.74. The molecule has 0 aromatic heterocycles. The highest BCUT2D eigenvalue weighted by atomic mass is 35.5. The van der Waals surface area contributed by atoms with Gasteiger partial charge in [-0.05, 0) is 24.1 Å². The first-order valence-electron chi connectivity index (χ1n) is 8.50. The molecule has 0 saturated carbocycles. The van der Waals surface area contributed by atoms with Crippen molar-refractivity contribution in [1.82, 2.24) is 15.1 Å². The van der Waals surface area contributed by atoms with Crippen molar-refractivity contribution < 1.29 is 14.4 Å². The van der Waals surface area contributed by atoms with Crippen LogP contribution in [0.15, 0.2) is 24.3 Å². The van der Waals surface area contributed by atoms with Crippen molar-refractivity contribution in [3.8, 4) is 0 Å². The highest BCUT2D eigenvalue weighted by Crippen LogP contribution is 2.09. The number of hydrogen-bond donors (Lipinski definition) is 1. The monoisotopic (exact) mass is 365 g/mol. The Hall–Kier alpha value is -2.08. The molecule has 1 aliphatic rings. The molecule has 0 bridgehead atoms. The van der Waals surface area contributed by atoms with Gasteiger partial charge in [0.1, 0.15) is 0 Å². The van der Waals surface area contributed by atoms with Gasteiger partial charge in [-0.1, -0.05) is 23.7 Å². The van der Waals surface area contributed by atoms with Crippen molar-refractivity contribution >= 4 is 29.3 Å². The average Bonchev–Trinajstić information content (AvgIpc) is 2.61. The Morgan fingerprint density at radius 1 is 1.00 bits per heavy atom. The molecule has 25 heavy (non-hydrogen) atoms. The van der Waals surface area contributed by atoms with Gasteiger partial charge in [0.05, 0.1) is 0 Å². The number of benzene rings is 1. The van der Waals surface area contributed by atoms with Crippen LogP contribution < -0.4 is 5.32 Å². The summed E-state index contributed by atoms with van der Waals surface area (Å²) in [5.74, 6) is -0.118. The minimum absolute atomic E-state index is 0.0314. The third-order valence-electron chi connectivity index (χ3n) is 4.29. The van der Waals surface area contributed by atoms with Crippen LogP contribution in [-0.4, -0.2) is 60.2 Å². The summed E-state index contributed by atoms with van der Waals surface area (Å²) in [7, 11) is 0. The van der Waals surface area contributed by atoms with Gasteiger partial charge in [-0.15, -0.1) is 0 Å². The third kappa shape index (κ3) is 6.38. The quantitative estimate of drug-likeness (QED) is 0.830. The number of rotatable bonds is 6. The van der Waals surface area contributed by atoms with Gasteiger partial charge in [-0.3, -0.25) is 14.4 Å². The van der Waals surface area contributed by atoms with E-state index in [0.717, 1.165) is 12.0 Å². The lowest BCUT2D eigenvalue weighted by molar-refractivity contribution is -0.139. The molecule has 1 aliphatic heterocycles. The number of nitrogens with zero attached hydrogens (tertiary/aromatic N) is 2. The van der Waals surface area contributed by atoms with Crippen LogP contribution in [0.5, 0.6) is 0 Å². The third-order valence-corrected chi connectivity index (χ3v) is 4.54. The van der Waals surface area contributed by atoms with Crippen molar-refractivity contribution in [2.45, 2.75) is 26.2 Å². The summed E-state index contributed by atoms with van der Waals surface area (Å²) in [4.78, 5) is 38.7. The Morgan fingerprint density at radius 3 is 2.20 bits per heavy atom. The first-order valence-corrected chi connectivity index (χ1v) is 8.88. The van der Waals surface area contributed by atoms with Crippen molar-refractivity contribution in [1.29, 1.82) is 0 Å². The molecular formula is C18H24ClN3O3. The zero-order valence-corrected chi connectivity index (χ0v) is 15.2. The molecule has 0 spiro atoms. The van der Waals surface area contributed by atoms with Crippen molar-refractivity contribution in [3.05, 3.63) is 34.9 Å². The highest BCUT2D eigenvalue weighted by molar-refractivity contribution is 6.30. The van der Waals surface area contributed by atoms with Gasteiger partial charge in [0, 0.05) is 57.5 Å². The molecule has 0 unspecified atom stereocenters. The Balaban J connectivity index is 1.62. The van der Waals surface area contributed by atoms with Crippen molar-refractivity contribution in [3.63, 3.8) is 0 Å². The van der Waals surface area contributed by atoms with E-state index in [-0.39, 0.29) is 30.6 Å². The summed E-state index contributed by atoms with van der Waals surface area (Å²) >= 11 is 5.83. The summed E-state index contributed by atoms with van der Waals surface area (Å²) in [6.07, 6.45) is 1.11. The normalized spacial score (nSPS) is 14.3. The van der Waals surface area contributed by atoms with Gasteiger partial charge in [-0.2, -0.15) is 0 Å². The molecule has 1 N–H and O–H groups in total. The lowest BCUT2D eigenvalue weighted by atomic mass is 10.1. The topological polar surface area (TPSA) is 69.7 Å². The minimum atomic E-state index is -0.121. The molecule has 0 aliphatic carbocycles. The predicted octanol–water partition coefficient (Wildman–Crippen LogP) is 1.47. The molecule has 2 rings (SSSR count). The predicted molar refractivity (Wildman–Crippen MR) is 96.2 cm³/mol. The molecule has 6 nitrogen and oxygen atoms in total. The number of carbonyl (C=O) groups excluding carboxylic acids is 3. The Morgan fingerprint density at radius 2 is 1.60 bits per heavy atom. The zero-order valence-electron chi connectivity index (χ0n) is 14.5. The molecule has 1 saturated heterocycles. The highest BCUT2D eigenvalue weighted by Gasteiger charge is 2.22. The van der Waals surface area contributed by atoms with E-state index < -0.39 is 0 Å². The first kappa shape index (κ1) is 19.2. The fourth-order valence-corrected chi connectivity index (χ4v) is 2.86. The molecule has 1 aromatic carbocycles. The van der Waals surface area contributed by atoms with Crippen LogP contribution in [0.4, 0.5) is 0 Å². The van der Waals surface area contributed by atoms with Crippen LogP contribution in [0, 0.1) is 0 Å². The summed E-state index contributed by atoms with van der Waals surface area (Å²) in [5.41, 5.74) is 1.10. The summed E-state index contributed by atoms with van der Waals surface area (Å²) < 4.78 is 0. The number of carbonyl (C=O) groups is 3. The van der Waals surface area contributed by atoms with Crippen LogP contribution in [0.25, 0.3) is 0 Å². The van der Waals surface area contributed by atoms with Gasteiger partial charge in [-0.25, -0.2) is 0 Å². The molecule has 136 valence electrons. The maximum absolute atomic E-state index is 12.1. The zero-order chi connectivity index (χ0) is 18.2. The second-order valence-electron chi connectivity index (χ2n) is 6.11. The second-order valence-corrected chi connectivity index (χ2v) is 6.55. The van der Waals surface area contributed by atoms with E-state index in [9.17, 15) is 14.4 Å². The van der Waals surface area contributed by atoms with Crippen LogP contribution in [0.1, 0.15) is 25.3 Å². The van der Waals surface area contributed by atoms with Gasteiger partial charge >= 0.3 is 0 Å². The Kier molecular flexibility index (Phi) is 7.25. The average molecular weight is 366 g/mol. The van der Waals surface area contributed by atoms with Gasteiger partial charge in [0.15, 0.2) is 0 Å². The lowest BCUT2D eigenvalue weighted by Crippen LogP contribution is -2.50. The second kappa shape index (κ2) is 9.42. The van der Waals surface area contributed by atoms with E-state index >= 15 is 0 Å². The van der Waals surface area contributed by atoms with E-state index in [4.69, 9.17) is 11.6 Å². The van der Waals surface area contributed by atoms with Crippen LogP contribution in [0.3, 0.4) is 0 Å². The van der Waals surface area contributed by atoms with E-state index in [1.165, 1.54) is 6.92 Å². The number of halogens is 1. The van der Waals surface area contributed by atoms with Gasteiger partial charge in [0.2, 0.25) is 17.7 Å². The number of amides is 3. The molecule has 1 fully saturated rings. The molecule has 0 atom stereocenters. The lowest BCUT2D eigenvalue weighted by Gasteiger charge is -2.34. The largest absolute Gasteiger partial charge is 0.356 e. The van der Waals surface area contributed by atoms with E-state index in [0.29, 0.717) is 37.7 Å². The Labute approximate surface area is 153 Å². The van der Waals surface area contributed by atoms with Gasteiger partial charge in [0.25, 0.3) is 0 Å². The number of hydrogen-bond acceptors (Lipinski definition) is 3. The summed E-state index contributed by atoms with van der Waals surface area (Å²) in [5, 5.41) is 3.52. The van der Waals surface area contributed by atoms with Crippen LogP contribution >= 0.6 is 11.6 Å². The molecule has 3 amide bonds. The standard InChI is InChI=1S/C18H24ClN3O3/c1-14(23)21-10-12-22(13-11-21)18(25)7-6-17(24)20-9-8-15-2-4-16(19)5-3-15/h2-5H,6-13H2,1H3,(H,20,24). The molecule has 1 heterocycles. The SMILES string of the molecule is CC(=O)N1CCN(C(=O)CCC(=O)NCCc2ccc(Cl)cc2)CC1. The number of nitrogens with one attached hydrogen (secondary N) is 1. The first-order chi connectivity index (χ1) is 12.0. The molecule has 0 radical (unpaired) electrons. The van der Waals surface area contributed by atoms with E-state index in [1.54, 1.807) is 9.80 Å².